The number of hydrogen-bond donors (Lipinski definition) is 1. The third kappa shape index (κ3) is 2.12. The molecular weight excluding hydrogens is 246 g/mol. The summed E-state index contributed by atoms with van der Waals surface area (Å²) in [5.74, 6) is -0.280. The minimum atomic E-state index is -3.01. The fourth-order valence-electron chi connectivity index (χ4n) is 1.90. The van der Waals surface area contributed by atoms with Crippen molar-refractivity contribution in [2.24, 2.45) is 0 Å². The highest BCUT2D eigenvalue weighted by Crippen LogP contribution is 2.26. The number of anilines is 1. The van der Waals surface area contributed by atoms with Crippen molar-refractivity contribution in [3.05, 3.63) is 11.8 Å². The highest BCUT2D eigenvalue weighted by molar-refractivity contribution is 7.91. The molecule has 1 atom stereocenters. The second-order valence-corrected chi connectivity index (χ2v) is 6.17. The van der Waals surface area contributed by atoms with E-state index in [9.17, 15) is 13.2 Å². The van der Waals surface area contributed by atoms with Crippen LogP contribution in [0.5, 0.6) is 0 Å². The molecule has 0 bridgehead atoms. The maximum atomic E-state index is 11.3. The minimum Gasteiger partial charge on any atom is -0.465 e. The lowest BCUT2D eigenvalue weighted by molar-refractivity contribution is 0.0602. The van der Waals surface area contributed by atoms with Crippen LogP contribution in [0.4, 0.5) is 5.82 Å². The number of rotatable bonds is 2. The molecule has 1 saturated heterocycles. The molecule has 1 fully saturated rings. The molecule has 17 heavy (non-hydrogen) atoms. The highest BCUT2D eigenvalue weighted by Gasteiger charge is 2.31. The van der Waals surface area contributed by atoms with Gasteiger partial charge >= 0.3 is 5.97 Å². The third-order valence-corrected chi connectivity index (χ3v) is 4.54. The number of ether oxygens (including phenoxy) is 1. The number of aromatic nitrogens is 2. The first kappa shape index (κ1) is 11.9. The first-order valence-corrected chi connectivity index (χ1v) is 6.88. The Balaban J connectivity index is 2.30. The van der Waals surface area contributed by atoms with E-state index < -0.39 is 15.8 Å². The first-order valence-electron chi connectivity index (χ1n) is 5.06. The maximum absolute atomic E-state index is 11.3. The van der Waals surface area contributed by atoms with Crippen LogP contribution in [0.3, 0.4) is 0 Å². The molecule has 1 unspecified atom stereocenters. The van der Waals surface area contributed by atoms with Crippen molar-refractivity contribution >= 4 is 21.6 Å². The van der Waals surface area contributed by atoms with Crippen molar-refractivity contribution in [1.29, 1.82) is 0 Å². The summed E-state index contributed by atoms with van der Waals surface area (Å²) in [6.45, 7) is 0. The van der Waals surface area contributed by atoms with Crippen LogP contribution in [-0.2, 0) is 14.6 Å². The van der Waals surface area contributed by atoms with E-state index in [0.29, 0.717) is 6.42 Å². The predicted molar refractivity (Wildman–Crippen MR) is 60.3 cm³/mol. The number of carbonyl (C=O) groups excluding carboxylic acids is 1. The zero-order valence-corrected chi connectivity index (χ0v) is 10.1. The summed E-state index contributed by atoms with van der Waals surface area (Å²) >= 11 is 0. The van der Waals surface area contributed by atoms with Gasteiger partial charge in [-0.2, -0.15) is 5.10 Å². The molecule has 94 valence electrons. The fraction of sp³-hybridized carbons (Fsp3) is 0.556. The zero-order valence-electron chi connectivity index (χ0n) is 9.29. The molecule has 1 aromatic rings. The largest absolute Gasteiger partial charge is 0.465 e. The van der Waals surface area contributed by atoms with Crippen LogP contribution in [0, 0.1) is 0 Å². The normalized spacial score (nSPS) is 22.5. The number of nitrogens with two attached hydrogens (primary N) is 1. The lowest BCUT2D eigenvalue weighted by atomic mass is 10.2. The van der Waals surface area contributed by atoms with Crippen molar-refractivity contribution in [3.8, 4) is 0 Å². The number of methoxy groups -OCH3 is 1. The van der Waals surface area contributed by atoms with Crippen molar-refractivity contribution in [3.63, 3.8) is 0 Å². The molecule has 2 rings (SSSR count). The Kier molecular flexibility index (Phi) is 2.82. The van der Waals surface area contributed by atoms with Gasteiger partial charge in [-0.3, -0.25) is 0 Å². The molecule has 1 aliphatic heterocycles. The molecule has 2 N–H and O–H groups in total. The lowest BCUT2D eigenvalue weighted by Gasteiger charge is -2.10. The van der Waals surface area contributed by atoms with Gasteiger partial charge in [-0.1, -0.05) is 0 Å². The predicted octanol–water partition coefficient (Wildman–Crippen LogP) is -0.389. The zero-order chi connectivity index (χ0) is 12.6. The summed E-state index contributed by atoms with van der Waals surface area (Å²) in [6, 6.07) is -0.293. The third-order valence-electron chi connectivity index (χ3n) is 2.79. The number of nitrogens with zero attached hydrogens (tertiary/aromatic N) is 2. The SMILES string of the molecule is COC(=O)c1cnn(C2CCS(=O)(=O)C2)c1N. The summed E-state index contributed by atoms with van der Waals surface area (Å²) in [4.78, 5) is 11.3. The second-order valence-electron chi connectivity index (χ2n) is 3.94. The van der Waals surface area contributed by atoms with Gasteiger partial charge in [-0.25, -0.2) is 17.9 Å². The molecule has 1 aromatic heterocycles. The summed E-state index contributed by atoms with van der Waals surface area (Å²) in [6.07, 6.45) is 1.76. The van der Waals surface area contributed by atoms with Gasteiger partial charge in [-0.15, -0.1) is 0 Å². The average Bonchev–Trinajstić information content (AvgIpc) is 2.80. The first-order chi connectivity index (χ1) is 7.94. The van der Waals surface area contributed by atoms with Gasteiger partial charge < -0.3 is 10.5 Å². The minimum absolute atomic E-state index is 0.0134. The van der Waals surface area contributed by atoms with Crippen LogP contribution in [0.2, 0.25) is 0 Å². The van der Waals surface area contributed by atoms with Crippen LogP contribution >= 0.6 is 0 Å². The monoisotopic (exact) mass is 259 g/mol. The van der Waals surface area contributed by atoms with Gasteiger partial charge in [-0.05, 0) is 6.42 Å². The molecule has 1 aliphatic rings. The van der Waals surface area contributed by atoms with E-state index in [4.69, 9.17) is 5.73 Å². The van der Waals surface area contributed by atoms with E-state index in [1.165, 1.54) is 18.0 Å². The molecule has 0 amide bonds. The van der Waals surface area contributed by atoms with Gasteiger partial charge in [0.15, 0.2) is 9.84 Å². The Morgan fingerprint density at radius 3 is 2.88 bits per heavy atom. The maximum Gasteiger partial charge on any atom is 0.343 e. The van der Waals surface area contributed by atoms with E-state index >= 15 is 0 Å². The molecular formula is C9H13N3O4S. The van der Waals surface area contributed by atoms with Crippen molar-refractivity contribution in [2.75, 3.05) is 24.3 Å². The molecule has 0 saturated carbocycles. The summed E-state index contributed by atoms with van der Waals surface area (Å²) < 4.78 is 28.6. The van der Waals surface area contributed by atoms with E-state index in [2.05, 4.69) is 9.84 Å². The Hall–Kier alpha value is -1.57. The van der Waals surface area contributed by atoms with E-state index in [1.807, 2.05) is 0 Å². The molecule has 0 spiro atoms. The second kappa shape index (κ2) is 4.02. The van der Waals surface area contributed by atoms with Gasteiger partial charge in [0.2, 0.25) is 0 Å². The smallest absolute Gasteiger partial charge is 0.343 e. The van der Waals surface area contributed by atoms with Crippen LogP contribution < -0.4 is 5.73 Å². The standard InChI is InChI=1S/C9H13N3O4S/c1-16-9(13)7-4-11-12(8(7)10)6-2-3-17(14,15)5-6/h4,6H,2-3,5,10H2,1H3. The van der Waals surface area contributed by atoms with Gasteiger partial charge in [0.1, 0.15) is 11.4 Å². The molecule has 0 aromatic carbocycles. The number of carbonyl (C=O) groups is 1. The van der Waals surface area contributed by atoms with Crippen LogP contribution in [0.1, 0.15) is 22.8 Å². The van der Waals surface area contributed by atoms with Crippen molar-refractivity contribution < 1.29 is 17.9 Å². The van der Waals surface area contributed by atoms with Gasteiger partial charge in [0, 0.05) is 0 Å². The Morgan fingerprint density at radius 2 is 2.35 bits per heavy atom. The Labute approximate surface area is 98.5 Å². The topological polar surface area (TPSA) is 104 Å². The fourth-order valence-corrected chi connectivity index (χ4v) is 3.59. The summed E-state index contributed by atoms with van der Waals surface area (Å²) in [7, 11) is -1.76. The lowest BCUT2D eigenvalue weighted by Crippen LogP contribution is -2.15. The van der Waals surface area contributed by atoms with E-state index in [-0.39, 0.29) is 28.9 Å². The van der Waals surface area contributed by atoms with Crippen LogP contribution in [-0.4, -0.2) is 42.8 Å². The average molecular weight is 259 g/mol. The van der Waals surface area contributed by atoms with Crippen molar-refractivity contribution in [1.82, 2.24) is 9.78 Å². The van der Waals surface area contributed by atoms with Gasteiger partial charge in [0.05, 0.1) is 30.9 Å². The number of sulfone groups is 1. The quantitative estimate of drug-likeness (QED) is 0.725. The summed E-state index contributed by atoms with van der Waals surface area (Å²) in [5, 5.41) is 3.96. The Bertz CT molecular complexity index is 549. The number of esters is 1. The van der Waals surface area contributed by atoms with Gasteiger partial charge in [0.25, 0.3) is 0 Å². The van der Waals surface area contributed by atoms with Crippen LogP contribution in [0.25, 0.3) is 0 Å². The number of nitrogen functional groups attached to an aromatic ring is 1. The van der Waals surface area contributed by atoms with Crippen molar-refractivity contribution in [2.45, 2.75) is 12.5 Å². The highest BCUT2D eigenvalue weighted by atomic mass is 32.2. The molecule has 8 heteroatoms. The Morgan fingerprint density at radius 1 is 1.65 bits per heavy atom. The number of hydrogen-bond acceptors (Lipinski definition) is 6. The van der Waals surface area contributed by atoms with Crippen LogP contribution in [0.15, 0.2) is 6.20 Å². The molecule has 0 radical (unpaired) electrons. The summed E-state index contributed by atoms with van der Waals surface area (Å²) in [5.41, 5.74) is 5.92. The van der Waals surface area contributed by atoms with E-state index in [0.717, 1.165) is 0 Å². The molecule has 2 heterocycles. The van der Waals surface area contributed by atoms with E-state index in [1.54, 1.807) is 0 Å². The molecule has 7 nitrogen and oxygen atoms in total. The molecule has 0 aliphatic carbocycles.